The van der Waals surface area contributed by atoms with E-state index in [0.29, 0.717) is 5.56 Å². The number of aromatic nitrogens is 2. The van der Waals surface area contributed by atoms with Crippen LogP contribution in [0.3, 0.4) is 0 Å². The minimum Gasteiger partial charge on any atom is -0.292 e. The molecule has 0 aliphatic heterocycles. The fourth-order valence-electron chi connectivity index (χ4n) is 5.83. The first-order valence-corrected chi connectivity index (χ1v) is 13.0. The van der Waals surface area contributed by atoms with Crippen molar-refractivity contribution in [2.45, 2.75) is 0 Å². The van der Waals surface area contributed by atoms with Crippen molar-refractivity contribution in [3.05, 3.63) is 133 Å². The topological polar surface area (TPSA) is 41.1 Å². The molecule has 0 saturated carbocycles. The van der Waals surface area contributed by atoms with Gasteiger partial charge in [-0.05, 0) is 86.9 Å². The van der Waals surface area contributed by atoms with Gasteiger partial charge in [0, 0.05) is 10.8 Å². The van der Waals surface area contributed by atoms with Crippen LogP contribution in [0.25, 0.3) is 71.4 Å². The molecule has 0 saturated heterocycles. The van der Waals surface area contributed by atoms with Crippen LogP contribution in [0.1, 0.15) is 5.56 Å². The lowest BCUT2D eigenvalue weighted by molar-refractivity contribution is 1.31. The van der Waals surface area contributed by atoms with Gasteiger partial charge in [0.25, 0.3) is 0 Å². The molecule has 39 heavy (non-hydrogen) atoms. The summed E-state index contributed by atoms with van der Waals surface area (Å²) in [6.45, 7) is 0. The zero-order chi connectivity index (χ0) is 25.9. The van der Waals surface area contributed by atoms with Crippen LogP contribution >= 0.6 is 0 Å². The summed E-state index contributed by atoms with van der Waals surface area (Å²) in [6.07, 6.45) is 0. The van der Waals surface area contributed by atoms with Gasteiger partial charge in [0.2, 0.25) is 0 Å². The Bertz CT molecular complexity index is 2280. The number of para-hydroxylation sites is 2. The van der Waals surface area contributed by atoms with Gasteiger partial charge in [0.15, 0.2) is 0 Å². The molecule has 0 amide bonds. The Hall–Kier alpha value is -5.46. The smallest absolute Gasteiger partial charge is 0.146 e. The monoisotopic (exact) mass is 495 g/mol. The predicted molar refractivity (Wildman–Crippen MR) is 161 cm³/mol. The van der Waals surface area contributed by atoms with Crippen molar-refractivity contribution in [2.24, 2.45) is 0 Å². The van der Waals surface area contributed by atoms with E-state index in [0.717, 1.165) is 38.7 Å². The Morgan fingerprint density at radius 1 is 0.513 bits per heavy atom. The van der Waals surface area contributed by atoms with E-state index in [-0.39, 0.29) is 0 Å². The minimum atomic E-state index is 0.675. The molecule has 3 nitrogen and oxygen atoms in total. The fourth-order valence-corrected chi connectivity index (χ4v) is 5.83. The Morgan fingerprint density at radius 2 is 1.13 bits per heavy atom. The molecule has 2 aromatic heterocycles. The van der Waals surface area contributed by atoms with E-state index in [2.05, 4.69) is 108 Å². The molecular formula is C36H21N3. The summed E-state index contributed by atoms with van der Waals surface area (Å²) in [6, 6.07) is 46.9. The van der Waals surface area contributed by atoms with Crippen LogP contribution in [0.15, 0.2) is 127 Å². The van der Waals surface area contributed by atoms with E-state index in [1.807, 2.05) is 30.3 Å². The van der Waals surface area contributed by atoms with Gasteiger partial charge in [-0.25, -0.2) is 4.98 Å². The average molecular weight is 496 g/mol. The van der Waals surface area contributed by atoms with Crippen LogP contribution < -0.4 is 0 Å². The van der Waals surface area contributed by atoms with Crippen molar-refractivity contribution in [1.29, 1.82) is 5.26 Å². The Balaban J connectivity index is 1.29. The van der Waals surface area contributed by atoms with Crippen LogP contribution in [-0.2, 0) is 0 Å². The van der Waals surface area contributed by atoms with Gasteiger partial charge in [-0.3, -0.25) is 4.40 Å². The van der Waals surface area contributed by atoms with E-state index in [4.69, 9.17) is 10.2 Å². The number of hydrogen-bond acceptors (Lipinski definition) is 2. The highest BCUT2D eigenvalue weighted by molar-refractivity contribution is 6.14. The van der Waals surface area contributed by atoms with E-state index in [1.165, 1.54) is 32.7 Å². The molecule has 8 aromatic rings. The molecule has 2 heterocycles. The second-order valence-electron chi connectivity index (χ2n) is 10.0. The van der Waals surface area contributed by atoms with Gasteiger partial charge in [0.05, 0.1) is 28.2 Å². The zero-order valence-corrected chi connectivity index (χ0v) is 21.0. The van der Waals surface area contributed by atoms with Crippen molar-refractivity contribution in [2.75, 3.05) is 0 Å². The number of imidazole rings is 1. The third-order valence-electron chi connectivity index (χ3n) is 7.78. The van der Waals surface area contributed by atoms with Crippen LogP contribution in [0.2, 0.25) is 0 Å². The second-order valence-corrected chi connectivity index (χ2v) is 10.0. The van der Waals surface area contributed by atoms with Gasteiger partial charge in [0.1, 0.15) is 5.65 Å². The van der Waals surface area contributed by atoms with Crippen LogP contribution in [-0.4, -0.2) is 9.38 Å². The van der Waals surface area contributed by atoms with Crippen molar-refractivity contribution in [1.82, 2.24) is 9.38 Å². The molecule has 0 bridgehead atoms. The van der Waals surface area contributed by atoms with Crippen LogP contribution in [0.5, 0.6) is 0 Å². The Morgan fingerprint density at radius 3 is 1.90 bits per heavy atom. The lowest BCUT2D eigenvalue weighted by Gasteiger charge is -2.12. The van der Waals surface area contributed by atoms with Crippen molar-refractivity contribution < 1.29 is 0 Å². The lowest BCUT2D eigenvalue weighted by atomic mass is 9.96. The Labute approximate surface area is 224 Å². The number of fused-ring (bicyclic) bond motifs is 9. The Kier molecular flexibility index (Phi) is 4.59. The van der Waals surface area contributed by atoms with E-state index in [9.17, 15) is 0 Å². The summed E-state index contributed by atoms with van der Waals surface area (Å²) < 4.78 is 2.29. The molecule has 0 aliphatic rings. The molecule has 6 aromatic carbocycles. The van der Waals surface area contributed by atoms with Gasteiger partial charge < -0.3 is 0 Å². The van der Waals surface area contributed by atoms with Gasteiger partial charge in [-0.15, -0.1) is 0 Å². The number of pyridine rings is 1. The second kappa shape index (κ2) is 8.28. The van der Waals surface area contributed by atoms with Gasteiger partial charge in [-0.1, -0.05) is 78.9 Å². The summed E-state index contributed by atoms with van der Waals surface area (Å²) in [4.78, 5) is 4.99. The number of rotatable bonds is 2. The lowest BCUT2D eigenvalue weighted by Crippen LogP contribution is -1.92. The highest BCUT2D eigenvalue weighted by atomic mass is 15.0. The van der Waals surface area contributed by atoms with E-state index >= 15 is 0 Å². The van der Waals surface area contributed by atoms with Crippen LogP contribution in [0, 0.1) is 11.3 Å². The summed E-state index contributed by atoms with van der Waals surface area (Å²) in [7, 11) is 0. The molecule has 8 rings (SSSR count). The average Bonchev–Trinajstić information content (AvgIpc) is 3.41. The summed E-state index contributed by atoms with van der Waals surface area (Å²) in [5, 5.41) is 15.1. The normalized spacial score (nSPS) is 11.6. The summed E-state index contributed by atoms with van der Waals surface area (Å²) >= 11 is 0. The number of benzene rings is 6. The third kappa shape index (κ3) is 3.32. The molecule has 0 radical (unpaired) electrons. The molecule has 0 N–H and O–H groups in total. The molecule has 0 unspecified atom stereocenters. The fraction of sp³-hybridized carbons (Fsp3) is 0. The SMILES string of the molecule is N#Cc1ccc(-c2ccc3cc(-c4ccc5c(c4)c4ccccc4c4nc6ccccc6n54)ccc3c2)cc1. The molecule has 0 fully saturated rings. The highest BCUT2D eigenvalue weighted by Gasteiger charge is 2.14. The number of nitrogens with zero attached hydrogens (tertiary/aromatic N) is 3. The molecule has 0 atom stereocenters. The van der Waals surface area contributed by atoms with Crippen molar-refractivity contribution >= 4 is 49.1 Å². The number of hydrogen-bond donors (Lipinski definition) is 0. The summed E-state index contributed by atoms with van der Waals surface area (Å²) in [5.41, 5.74) is 9.60. The third-order valence-corrected chi connectivity index (χ3v) is 7.78. The molecular weight excluding hydrogens is 474 g/mol. The molecule has 3 heteroatoms. The first-order chi connectivity index (χ1) is 19.3. The standard InChI is InChI=1S/C36H21N3/c37-22-23-9-11-24(12-10-23)25-13-14-27-20-28(16-15-26(27)19-25)29-17-18-34-32(21-29)30-5-1-2-6-31(30)36-38-33-7-3-4-8-35(33)39(34)36/h1-21H. The molecule has 180 valence electrons. The number of nitriles is 1. The van der Waals surface area contributed by atoms with Crippen molar-refractivity contribution in [3.8, 4) is 28.3 Å². The first-order valence-electron chi connectivity index (χ1n) is 13.0. The van der Waals surface area contributed by atoms with Gasteiger partial charge >= 0.3 is 0 Å². The maximum Gasteiger partial charge on any atom is 0.146 e. The highest BCUT2D eigenvalue weighted by Crippen LogP contribution is 2.35. The van der Waals surface area contributed by atoms with E-state index < -0.39 is 0 Å². The largest absolute Gasteiger partial charge is 0.292 e. The minimum absolute atomic E-state index is 0.675. The summed E-state index contributed by atoms with van der Waals surface area (Å²) in [5.74, 6) is 0. The zero-order valence-electron chi connectivity index (χ0n) is 21.0. The molecule has 0 aliphatic carbocycles. The molecule has 0 spiro atoms. The predicted octanol–water partition coefficient (Wildman–Crippen LogP) is 9.15. The van der Waals surface area contributed by atoms with Crippen molar-refractivity contribution in [3.63, 3.8) is 0 Å². The first kappa shape index (κ1) is 21.6. The maximum atomic E-state index is 9.10. The van der Waals surface area contributed by atoms with Gasteiger partial charge in [-0.2, -0.15) is 5.26 Å². The quantitative estimate of drug-likeness (QED) is 0.224. The maximum absolute atomic E-state index is 9.10. The van der Waals surface area contributed by atoms with E-state index in [1.54, 1.807) is 0 Å². The van der Waals surface area contributed by atoms with Crippen LogP contribution in [0.4, 0.5) is 0 Å².